The van der Waals surface area contributed by atoms with Gasteiger partial charge >= 0.3 is 12.2 Å². The summed E-state index contributed by atoms with van der Waals surface area (Å²) >= 11 is 0. The molecule has 14 heavy (non-hydrogen) atoms. The van der Waals surface area contributed by atoms with Crippen molar-refractivity contribution in [1.29, 1.82) is 0 Å². The van der Waals surface area contributed by atoms with Crippen molar-refractivity contribution in [3.63, 3.8) is 0 Å². The molecule has 0 aliphatic heterocycles. The third-order valence-corrected chi connectivity index (χ3v) is 1.19. The first-order valence-electron chi connectivity index (χ1n) is 3.98. The van der Waals surface area contributed by atoms with E-state index in [1.54, 1.807) is 0 Å². The highest BCUT2D eigenvalue weighted by molar-refractivity contribution is 5.71. The third-order valence-electron chi connectivity index (χ3n) is 1.19. The Morgan fingerprint density at radius 3 is 2.50 bits per heavy atom. The normalized spacial score (nSPS) is 10.8. The van der Waals surface area contributed by atoms with E-state index in [0.29, 0.717) is 6.42 Å². The Labute approximate surface area is 81.4 Å². The SMILES string of the molecule is CN(C)CCCOC(=O)N=NC(=O)O. The first-order valence-corrected chi connectivity index (χ1v) is 3.98. The lowest BCUT2D eigenvalue weighted by Gasteiger charge is -2.07. The van der Waals surface area contributed by atoms with Gasteiger partial charge in [0.25, 0.3) is 0 Å². The average molecular weight is 203 g/mol. The van der Waals surface area contributed by atoms with E-state index in [1.165, 1.54) is 0 Å². The highest BCUT2D eigenvalue weighted by Crippen LogP contribution is 1.90. The van der Waals surface area contributed by atoms with Crippen LogP contribution in [0.4, 0.5) is 9.59 Å². The summed E-state index contributed by atoms with van der Waals surface area (Å²) < 4.78 is 4.55. The van der Waals surface area contributed by atoms with Crippen molar-refractivity contribution in [3.8, 4) is 0 Å². The molecule has 0 aromatic carbocycles. The van der Waals surface area contributed by atoms with E-state index >= 15 is 0 Å². The monoisotopic (exact) mass is 203 g/mol. The molecule has 1 N–H and O–H groups in total. The molecule has 0 heterocycles. The molecule has 0 aliphatic rings. The first-order chi connectivity index (χ1) is 6.52. The van der Waals surface area contributed by atoms with Crippen LogP contribution in [0.3, 0.4) is 0 Å². The lowest BCUT2D eigenvalue weighted by molar-refractivity contribution is 0.149. The summed E-state index contributed by atoms with van der Waals surface area (Å²) in [6.07, 6.45) is -1.83. The van der Waals surface area contributed by atoms with Crippen molar-refractivity contribution >= 4 is 12.2 Å². The van der Waals surface area contributed by atoms with E-state index in [2.05, 4.69) is 15.0 Å². The van der Waals surface area contributed by atoms with E-state index in [9.17, 15) is 9.59 Å². The van der Waals surface area contributed by atoms with Crippen molar-refractivity contribution in [2.45, 2.75) is 6.42 Å². The molecule has 0 saturated heterocycles. The predicted molar refractivity (Wildman–Crippen MR) is 47.4 cm³/mol. The summed E-state index contributed by atoms with van der Waals surface area (Å²) in [5, 5.41) is 13.4. The van der Waals surface area contributed by atoms with Crippen LogP contribution in [0.5, 0.6) is 0 Å². The molecule has 0 aromatic rings. The van der Waals surface area contributed by atoms with Gasteiger partial charge in [-0.05, 0) is 20.5 Å². The van der Waals surface area contributed by atoms with E-state index in [4.69, 9.17) is 5.11 Å². The number of hydrogen-bond acceptors (Lipinski definition) is 4. The average Bonchev–Trinajstić information content (AvgIpc) is 2.08. The van der Waals surface area contributed by atoms with Gasteiger partial charge in [0, 0.05) is 6.54 Å². The van der Waals surface area contributed by atoms with Crippen LogP contribution >= 0.6 is 0 Å². The summed E-state index contributed by atoms with van der Waals surface area (Å²) in [4.78, 5) is 22.4. The smallest absolute Gasteiger partial charge is 0.452 e. The zero-order valence-corrected chi connectivity index (χ0v) is 8.13. The largest absolute Gasteiger partial charge is 0.462 e. The van der Waals surface area contributed by atoms with Gasteiger partial charge in [0.15, 0.2) is 0 Å². The molecular formula is C7H13N3O4. The van der Waals surface area contributed by atoms with Crippen LogP contribution in [0.1, 0.15) is 6.42 Å². The maximum absolute atomic E-state index is 10.6. The van der Waals surface area contributed by atoms with E-state index in [-0.39, 0.29) is 6.61 Å². The Kier molecular flexibility index (Phi) is 6.21. The Balaban J connectivity index is 3.50. The second-order valence-corrected chi connectivity index (χ2v) is 2.75. The molecule has 0 aromatic heterocycles. The van der Waals surface area contributed by atoms with Gasteiger partial charge in [0.05, 0.1) is 6.61 Å². The number of azo groups is 1. The number of carboxylic acid groups (broad SMARTS) is 1. The van der Waals surface area contributed by atoms with Gasteiger partial charge in [-0.15, -0.1) is 0 Å². The summed E-state index contributed by atoms with van der Waals surface area (Å²) in [6, 6.07) is 0. The molecule has 0 aliphatic carbocycles. The highest BCUT2D eigenvalue weighted by Gasteiger charge is 2.00. The number of ether oxygens (including phenoxy) is 1. The van der Waals surface area contributed by atoms with E-state index in [0.717, 1.165) is 6.54 Å². The van der Waals surface area contributed by atoms with Crippen LogP contribution in [-0.2, 0) is 4.74 Å². The Morgan fingerprint density at radius 1 is 1.36 bits per heavy atom. The quantitative estimate of drug-likeness (QED) is 0.547. The van der Waals surface area contributed by atoms with Crippen LogP contribution in [0.15, 0.2) is 10.2 Å². The van der Waals surface area contributed by atoms with E-state index < -0.39 is 12.2 Å². The van der Waals surface area contributed by atoms with Gasteiger partial charge in [0.2, 0.25) is 0 Å². The molecule has 0 rings (SSSR count). The fraction of sp³-hybridized carbons (Fsp3) is 0.714. The molecule has 0 saturated carbocycles. The zero-order chi connectivity index (χ0) is 11.0. The molecule has 7 nitrogen and oxygen atoms in total. The summed E-state index contributed by atoms with van der Waals surface area (Å²) in [5.74, 6) is 0. The van der Waals surface area contributed by atoms with Crippen LogP contribution in [-0.4, -0.2) is 49.4 Å². The molecule has 80 valence electrons. The Hall–Kier alpha value is -1.50. The van der Waals surface area contributed by atoms with Gasteiger partial charge in [0.1, 0.15) is 0 Å². The molecule has 7 heteroatoms. The van der Waals surface area contributed by atoms with Crippen molar-refractivity contribution in [2.24, 2.45) is 10.2 Å². The van der Waals surface area contributed by atoms with Gasteiger partial charge < -0.3 is 14.7 Å². The Morgan fingerprint density at radius 2 is 2.00 bits per heavy atom. The number of hydrogen-bond donors (Lipinski definition) is 1. The van der Waals surface area contributed by atoms with Gasteiger partial charge in [-0.1, -0.05) is 10.2 Å². The molecule has 0 fully saturated rings. The fourth-order valence-electron chi connectivity index (χ4n) is 0.653. The molecule has 0 spiro atoms. The molecule has 0 bridgehead atoms. The van der Waals surface area contributed by atoms with Gasteiger partial charge in [-0.3, -0.25) is 0 Å². The van der Waals surface area contributed by atoms with Gasteiger partial charge in [-0.25, -0.2) is 9.59 Å². The van der Waals surface area contributed by atoms with Crippen molar-refractivity contribution in [1.82, 2.24) is 4.90 Å². The second-order valence-electron chi connectivity index (χ2n) is 2.75. The lowest BCUT2D eigenvalue weighted by atomic mass is 10.4. The summed E-state index contributed by atoms with van der Waals surface area (Å²) in [7, 11) is 3.79. The van der Waals surface area contributed by atoms with Crippen molar-refractivity contribution < 1.29 is 19.4 Å². The lowest BCUT2D eigenvalue weighted by Crippen LogP contribution is -2.15. The number of carbonyl (C=O) groups is 2. The predicted octanol–water partition coefficient (Wildman–Crippen LogP) is 1.20. The van der Waals surface area contributed by atoms with Crippen LogP contribution < -0.4 is 0 Å². The number of carbonyl (C=O) groups excluding carboxylic acids is 1. The van der Waals surface area contributed by atoms with Crippen molar-refractivity contribution in [2.75, 3.05) is 27.2 Å². The van der Waals surface area contributed by atoms with E-state index in [1.807, 2.05) is 19.0 Å². The minimum Gasteiger partial charge on any atom is -0.462 e. The molecule has 0 atom stereocenters. The molecule has 0 radical (unpaired) electrons. The maximum Gasteiger partial charge on any atom is 0.452 e. The highest BCUT2D eigenvalue weighted by atomic mass is 16.5. The fourth-order valence-corrected chi connectivity index (χ4v) is 0.653. The van der Waals surface area contributed by atoms with Crippen molar-refractivity contribution in [3.05, 3.63) is 0 Å². The standard InChI is InChI=1S/C7H13N3O4/c1-10(2)4-3-5-14-7(13)9-8-6(11)12/h3-5H2,1-2H3,(H,11,12). The number of nitrogens with zero attached hydrogens (tertiary/aromatic N) is 3. The molecule has 2 amide bonds. The molecular weight excluding hydrogens is 190 g/mol. The Bertz CT molecular complexity index is 227. The summed E-state index contributed by atoms with van der Waals surface area (Å²) in [5.41, 5.74) is 0. The summed E-state index contributed by atoms with van der Waals surface area (Å²) in [6.45, 7) is 0.985. The maximum atomic E-state index is 10.6. The first kappa shape index (κ1) is 12.5. The third kappa shape index (κ3) is 8.60. The minimum atomic E-state index is -1.52. The zero-order valence-electron chi connectivity index (χ0n) is 8.13. The minimum absolute atomic E-state index is 0.204. The number of rotatable bonds is 4. The van der Waals surface area contributed by atoms with Gasteiger partial charge in [-0.2, -0.15) is 0 Å². The second kappa shape index (κ2) is 6.96. The van der Waals surface area contributed by atoms with Crippen LogP contribution in [0.2, 0.25) is 0 Å². The van der Waals surface area contributed by atoms with Crippen LogP contribution in [0, 0.1) is 0 Å². The van der Waals surface area contributed by atoms with Crippen LogP contribution in [0.25, 0.3) is 0 Å². The number of amides is 2. The molecule has 0 unspecified atom stereocenters. The topological polar surface area (TPSA) is 91.6 Å².